The van der Waals surface area contributed by atoms with Crippen molar-refractivity contribution in [2.24, 2.45) is 10.8 Å². The Hall–Kier alpha value is -2.12. The van der Waals surface area contributed by atoms with E-state index in [0.29, 0.717) is 6.42 Å². The molecule has 0 spiro atoms. The summed E-state index contributed by atoms with van der Waals surface area (Å²) in [6.07, 6.45) is -0.0901. The van der Waals surface area contributed by atoms with Crippen LogP contribution in [0.25, 0.3) is 0 Å². The van der Waals surface area contributed by atoms with Gasteiger partial charge in [-0.2, -0.15) is 0 Å². The molecule has 0 fully saturated rings. The number of hydrogen-bond acceptors (Lipinski definition) is 4. The van der Waals surface area contributed by atoms with E-state index in [9.17, 15) is 24.3 Å². The molecule has 0 saturated carbocycles. The fraction of sp³-hybridized carbons (Fsp3) is 0.667. The minimum atomic E-state index is -3.41. The molecule has 8 nitrogen and oxygen atoms in total. The molecule has 0 aliphatic carbocycles. The maximum atomic E-state index is 11.5. The van der Waals surface area contributed by atoms with Crippen LogP contribution in [0.15, 0.2) is 0 Å². The molecule has 0 saturated heterocycles. The number of unbranched alkanes of at least 4 members (excludes halogenated alkanes) is 1. The third kappa shape index (κ3) is 2.33. The van der Waals surface area contributed by atoms with Crippen molar-refractivity contribution in [3.63, 3.8) is 0 Å². The molecule has 0 rings (SSSR count). The molecule has 0 aliphatic rings. The van der Waals surface area contributed by atoms with Crippen molar-refractivity contribution >= 4 is 23.9 Å². The van der Waals surface area contributed by atoms with Crippen LogP contribution in [-0.4, -0.2) is 44.3 Å². The molecule has 0 aromatic rings. The van der Waals surface area contributed by atoms with Crippen molar-refractivity contribution < 1.29 is 39.6 Å². The van der Waals surface area contributed by atoms with Crippen LogP contribution in [0.5, 0.6) is 0 Å². The number of carboxylic acid groups (broad SMARTS) is 4. The maximum absolute atomic E-state index is 11.5. The van der Waals surface area contributed by atoms with Crippen molar-refractivity contribution in [3.05, 3.63) is 0 Å². The van der Waals surface area contributed by atoms with Crippen LogP contribution in [0.3, 0.4) is 0 Å². The summed E-state index contributed by atoms with van der Waals surface area (Å²) < 4.78 is 0. The van der Waals surface area contributed by atoms with Gasteiger partial charge < -0.3 is 20.4 Å². The number of carbonyl (C=O) groups is 4. The van der Waals surface area contributed by atoms with Gasteiger partial charge in [0.2, 0.25) is 0 Å². The Morgan fingerprint density at radius 2 is 1.20 bits per heavy atom. The Morgan fingerprint density at radius 3 is 1.40 bits per heavy atom. The van der Waals surface area contributed by atoms with Gasteiger partial charge in [0.25, 0.3) is 5.41 Å². The average Bonchev–Trinajstić information content (AvgIpc) is 2.32. The third-order valence-corrected chi connectivity index (χ3v) is 3.65. The lowest BCUT2D eigenvalue weighted by atomic mass is 9.59. The molecule has 4 N–H and O–H groups in total. The number of hydrogen-bond donors (Lipinski definition) is 4. The summed E-state index contributed by atoms with van der Waals surface area (Å²) in [6, 6.07) is 0. The Kier molecular flexibility index (Phi) is 5.68. The first kappa shape index (κ1) is 17.9. The van der Waals surface area contributed by atoms with Crippen LogP contribution in [0.2, 0.25) is 0 Å². The summed E-state index contributed by atoms with van der Waals surface area (Å²) in [4.78, 5) is 45.6. The second-order valence-electron chi connectivity index (χ2n) is 4.51. The van der Waals surface area contributed by atoms with Gasteiger partial charge in [0.1, 0.15) is 5.41 Å². The maximum Gasteiger partial charge on any atom is 0.333 e. The molecule has 0 aromatic carbocycles. The van der Waals surface area contributed by atoms with Crippen LogP contribution >= 0.6 is 0 Å². The number of rotatable bonds is 9. The molecule has 0 bridgehead atoms. The van der Waals surface area contributed by atoms with E-state index in [1.54, 1.807) is 6.92 Å². The van der Waals surface area contributed by atoms with E-state index in [4.69, 9.17) is 15.3 Å². The minimum absolute atomic E-state index is 0.204. The van der Waals surface area contributed by atoms with Gasteiger partial charge in [-0.3, -0.25) is 19.2 Å². The van der Waals surface area contributed by atoms with Crippen LogP contribution < -0.4 is 0 Å². The van der Waals surface area contributed by atoms with E-state index in [0.717, 1.165) is 0 Å². The molecule has 1 atom stereocenters. The summed E-state index contributed by atoms with van der Waals surface area (Å²) in [7, 11) is 0. The zero-order valence-electron chi connectivity index (χ0n) is 11.3. The standard InChI is InChI=1S/C12H18O8/c1-3-5-6-11(4-2,7(13)14)12(8(15)16,9(17)18)10(19)20/h3-6H2,1-2H3,(H,13,14)(H,15,16)(H,17,18)(H,19,20). The predicted octanol–water partition coefficient (Wildman–Crippen LogP) is 0.898. The fourth-order valence-electron chi connectivity index (χ4n) is 2.42. The highest BCUT2D eigenvalue weighted by Crippen LogP contribution is 2.47. The topological polar surface area (TPSA) is 149 Å². The van der Waals surface area contributed by atoms with Crippen LogP contribution in [-0.2, 0) is 19.2 Å². The van der Waals surface area contributed by atoms with E-state index >= 15 is 0 Å². The lowest BCUT2D eigenvalue weighted by molar-refractivity contribution is -0.196. The van der Waals surface area contributed by atoms with E-state index in [2.05, 4.69) is 0 Å². The van der Waals surface area contributed by atoms with Crippen molar-refractivity contribution in [2.45, 2.75) is 39.5 Å². The van der Waals surface area contributed by atoms with E-state index in [1.807, 2.05) is 0 Å². The normalized spacial score (nSPS) is 14.3. The predicted molar refractivity (Wildman–Crippen MR) is 65.2 cm³/mol. The Morgan fingerprint density at radius 1 is 0.800 bits per heavy atom. The largest absolute Gasteiger partial charge is 0.481 e. The highest BCUT2D eigenvalue weighted by Gasteiger charge is 2.71. The smallest absolute Gasteiger partial charge is 0.333 e. The number of carboxylic acids is 4. The highest BCUT2D eigenvalue weighted by atomic mass is 16.4. The molecular weight excluding hydrogens is 272 g/mol. The molecule has 20 heavy (non-hydrogen) atoms. The lowest BCUT2D eigenvalue weighted by Gasteiger charge is -2.38. The zero-order valence-corrected chi connectivity index (χ0v) is 11.3. The first-order valence-corrected chi connectivity index (χ1v) is 6.08. The molecular formula is C12H18O8. The van der Waals surface area contributed by atoms with Crippen molar-refractivity contribution in [1.82, 2.24) is 0 Å². The van der Waals surface area contributed by atoms with E-state index in [-0.39, 0.29) is 12.8 Å². The summed E-state index contributed by atoms with van der Waals surface area (Å²) >= 11 is 0. The first-order chi connectivity index (χ1) is 9.14. The van der Waals surface area contributed by atoms with Gasteiger partial charge in [0.05, 0.1) is 0 Å². The van der Waals surface area contributed by atoms with Gasteiger partial charge in [-0.15, -0.1) is 0 Å². The first-order valence-electron chi connectivity index (χ1n) is 6.08. The van der Waals surface area contributed by atoms with Gasteiger partial charge in [-0.1, -0.05) is 26.7 Å². The molecule has 0 amide bonds. The van der Waals surface area contributed by atoms with Crippen molar-refractivity contribution in [3.8, 4) is 0 Å². The molecule has 0 radical (unpaired) electrons. The Balaban J connectivity index is 6.42. The van der Waals surface area contributed by atoms with Gasteiger partial charge in [0.15, 0.2) is 0 Å². The van der Waals surface area contributed by atoms with Gasteiger partial charge in [0, 0.05) is 0 Å². The fourth-order valence-corrected chi connectivity index (χ4v) is 2.42. The lowest BCUT2D eigenvalue weighted by Crippen LogP contribution is -2.61. The summed E-state index contributed by atoms with van der Waals surface area (Å²) in [5.74, 6) is -8.28. The molecule has 1 unspecified atom stereocenters. The zero-order chi connectivity index (χ0) is 16.1. The molecule has 114 valence electrons. The van der Waals surface area contributed by atoms with Crippen LogP contribution in [0, 0.1) is 10.8 Å². The average molecular weight is 290 g/mol. The summed E-state index contributed by atoms with van der Waals surface area (Å²) in [5.41, 5.74) is -5.82. The Bertz CT molecular complexity index is 391. The van der Waals surface area contributed by atoms with Crippen LogP contribution in [0.1, 0.15) is 39.5 Å². The summed E-state index contributed by atoms with van der Waals surface area (Å²) in [5, 5.41) is 36.8. The van der Waals surface area contributed by atoms with Gasteiger partial charge in [-0.25, -0.2) is 0 Å². The molecule has 0 heterocycles. The quantitative estimate of drug-likeness (QED) is 0.457. The second-order valence-corrected chi connectivity index (χ2v) is 4.51. The molecule has 8 heteroatoms. The second kappa shape index (κ2) is 6.36. The van der Waals surface area contributed by atoms with E-state index < -0.39 is 41.1 Å². The van der Waals surface area contributed by atoms with Crippen molar-refractivity contribution in [1.29, 1.82) is 0 Å². The molecule has 0 aliphatic heterocycles. The third-order valence-electron chi connectivity index (χ3n) is 3.65. The van der Waals surface area contributed by atoms with Crippen LogP contribution in [0.4, 0.5) is 0 Å². The summed E-state index contributed by atoms with van der Waals surface area (Å²) in [6.45, 7) is 2.97. The molecule has 0 aromatic heterocycles. The van der Waals surface area contributed by atoms with Gasteiger partial charge >= 0.3 is 23.9 Å². The highest BCUT2D eigenvalue weighted by molar-refractivity contribution is 6.20. The minimum Gasteiger partial charge on any atom is -0.481 e. The van der Waals surface area contributed by atoms with E-state index in [1.165, 1.54) is 6.92 Å². The number of aliphatic carboxylic acids is 4. The monoisotopic (exact) mass is 290 g/mol. The van der Waals surface area contributed by atoms with Crippen molar-refractivity contribution in [2.75, 3.05) is 0 Å². The van der Waals surface area contributed by atoms with Gasteiger partial charge in [-0.05, 0) is 12.8 Å². The Labute approximate surface area is 115 Å². The SMILES string of the molecule is CCCCC(CC)(C(=O)O)C(C(=O)O)(C(=O)O)C(=O)O.